The molecule has 1 aliphatic carbocycles. The maximum absolute atomic E-state index is 9.45. The third-order valence-electron chi connectivity index (χ3n) is 3.37. The van der Waals surface area contributed by atoms with Gasteiger partial charge in [0.15, 0.2) is 0 Å². The summed E-state index contributed by atoms with van der Waals surface area (Å²) in [7, 11) is 0. The van der Waals surface area contributed by atoms with E-state index in [2.05, 4.69) is 11.4 Å². The number of nitrogens with one attached hydrogen (secondary N) is 1. The van der Waals surface area contributed by atoms with E-state index in [1.54, 1.807) is 12.3 Å². The Hall–Kier alpha value is -2.97. The van der Waals surface area contributed by atoms with E-state index >= 15 is 0 Å². The lowest BCUT2D eigenvalue weighted by molar-refractivity contribution is 0.349. The lowest BCUT2D eigenvalue weighted by Gasteiger charge is -2.33. The van der Waals surface area contributed by atoms with E-state index < -0.39 is 0 Å². The van der Waals surface area contributed by atoms with Crippen LogP contribution >= 0.6 is 0 Å². The normalized spacial score (nSPS) is 16.6. The van der Waals surface area contributed by atoms with Crippen molar-refractivity contribution < 1.29 is 4.42 Å². The first-order valence-electron chi connectivity index (χ1n) is 6.47. The first kappa shape index (κ1) is 14.4. The molecule has 5 heteroatoms. The van der Waals surface area contributed by atoms with Gasteiger partial charge in [0.05, 0.1) is 17.5 Å². The van der Waals surface area contributed by atoms with Gasteiger partial charge < -0.3 is 9.73 Å². The molecule has 0 saturated heterocycles. The standard InChI is InChI=1S/C16H14N4O/c1-16(2)5-13(11(7-17)8-18)14(9-19)15(6-16)20-12-3-4-21-10-12/h3-4,10,20H,5-6H2,1-2H3. The zero-order valence-corrected chi connectivity index (χ0v) is 11.9. The highest BCUT2D eigenvalue weighted by molar-refractivity contribution is 5.61. The monoisotopic (exact) mass is 278 g/mol. The lowest BCUT2D eigenvalue weighted by Crippen LogP contribution is -2.24. The molecule has 0 saturated carbocycles. The van der Waals surface area contributed by atoms with Crippen LogP contribution in [0, 0.1) is 39.4 Å². The van der Waals surface area contributed by atoms with E-state index in [9.17, 15) is 5.26 Å². The topological polar surface area (TPSA) is 96.5 Å². The third-order valence-corrected chi connectivity index (χ3v) is 3.37. The molecular weight excluding hydrogens is 264 g/mol. The van der Waals surface area contributed by atoms with E-state index in [4.69, 9.17) is 14.9 Å². The molecule has 1 aromatic rings. The van der Waals surface area contributed by atoms with Crippen molar-refractivity contribution in [1.82, 2.24) is 0 Å². The number of nitriles is 3. The Bertz CT molecular complexity index is 715. The fourth-order valence-corrected chi connectivity index (χ4v) is 2.50. The molecule has 1 aliphatic rings. The molecule has 1 heterocycles. The average molecular weight is 278 g/mol. The van der Waals surface area contributed by atoms with Crippen molar-refractivity contribution >= 4 is 5.69 Å². The predicted molar refractivity (Wildman–Crippen MR) is 76.2 cm³/mol. The van der Waals surface area contributed by atoms with Crippen LogP contribution in [0.4, 0.5) is 5.69 Å². The summed E-state index contributed by atoms with van der Waals surface area (Å²) in [6, 6.07) is 7.66. The van der Waals surface area contributed by atoms with Crippen LogP contribution in [0.1, 0.15) is 26.7 Å². The molecule has 0 unspecified atom stereocenters. The zero-order chi connectivity index (χ0) is 15.5. The molecule has 0 atom stereocenters. The summed E-state index contributed by atoms with van der Waals surface area (Å²) >= 11 is 0. The molecule has 0 bridgehead atoms. The summed E-state index contributed by atoms with van der Waals surface area (Å²) in [5.74, 6) is 0. The Morgan fingerprint density at radius 3 is 2.48 bits per heavy atom. The summed E-state index contributed by atoms with van der Waals surface area (Å²) in [5.41, 5.74) is 2.23. The summed E-state index contributed by atoms with van der Waals surface area (Å²) in [6.45, 7) is 4.09. The van der Waals surface area contributed by atoms with Gasteiger partial charge in [0.2, 0.25) is 0 Å². The number of hydrogen-bond donors (Lipinski definition) is 1. The maximum atomic E-state index is 9.45. The highest BCUT2D eigenvalue weighted by Crippen LogP contribution is 2.42. The molecule has 0 spiro atoms. The second-order valence-corrected chi connectivity index (χ2v) is 5.70. The summed E-state index contributed by atoms with van der Waals surface area (Å²) in [4.78, 5) is 0. The Balaban J connectivity index is 2.58. The maximum Gasteiger partial charge on any atom is 0.134 e. The van der Waals surface area contributed by atoms with Crippen LogP contribution in [0.5, 0.6) is 0 Å². The molecule has 1 N–H and O–H groups in total. The van der Waals surface area contributed by atoms with Gasteiger partial charge in [-0.25, -0.2) is 0 Å². The predicted octanol–water partition coefficient (Wildman–Crippen LogP) is 3.63. The van der Waals surface area contributed by atoms with Gasteiger partial charge in [-0.2, -0.15) is 15.8 Å². The van der Waals surface area contributed by atoms with Crippen LogP contribution in [-0.4, -0.2) is 0 Å². The average Bonchev–Trinajstić information content (AvgIpc) is 2.92. The number of furan rings is 1. The van der Waals surface area contributed by atoms with Crippen molar-refractivity contribution in [3.8, 4) is 18.2 Å². The minimum atomic E-state index is -0.138. The van der Waals surface area contributed by atoms with Crippen molar-refractivity contribution in [2.45, 2.75) is 26.7 Å². The van der Waals surface area contributed by atoms with Gasteiger partial charge in [0, 0.05) is 11.3 Å². The van der Waals surface area contributed by atoms with E-state index in [0.717, 1.165) is 5.69 Å². The van der Waals surface area contributed by atoms with E-state index in [1.165, 1.54) is 6.26 Å². The molecule has 2 rings (SSSR count). The second-order valence-electron chi connectivity index (χ2n) is 5.70. The first-order chi connectivity index (χ1) is 10.0. The van der Waals surface area contributed by atoms with Crippen LogP contribution in [0.3, 0.4) is 0 Å². The van der Waals surface area contributed by atoms with E-state index in [0.29, 0.717) is 29.7 Å². The van der Waals surface area contributed by atoms with E-state index in [1.807, 2.05) is 26.0 Å². The Morgan fingerprint density at radius 2 is 1.95 bits per heavy atom. The quantitative estimate of drug-likeness (QED) is 0.833. The molecule has 1 aromatic heterocycles. The van der Waals surface area contributed by atoms with Crippen LogP contribution in [-0.2, 0) is 0 Å². The lowest BCUT2D eigenvalue weighted by atomic mass is 9.73. The minimum absolute atomic E-state index is 0.00539. The highest BCUT2D eigenvalue weighted by Gasteiger charge is 2.32. The molecule has 104 valence electrons. The SMILES string of the molecule is CC1(C)CC(Nc2ccoc2)=C(C#N)C(=C(C#N)C#N)C1. The Kier molecular flexibility index (Phi) is 3.83. The van der Waals surface area contributed by atoms with Gasteiger partial charge in [0.25, 0.3) is 0 Å². The zero-order valence-electron chi connectivity index (χ0n) is 11.9. The van der Waals surface area contributed by atoms with Gasteiger partial charge >= 0.3 is 0 Å². The second kappa shape index (κ2) is 5.57. The molecular formula is C16H14N4O. The van der Waals surface area contributed by atoms with Crippen molar-refractivity contribution in [3.05, 3.63) is 41.0 Å². The van der Waals surface area contributed by atoms with Crippen LogP contribution in [0.2, 0.25) is 0 Å². The first-order valence-corrected chi connectivity index (χ1v) is 6.47. The minimum Gasteiger partial charge on any atom is -0.470 e. The third kappa shape index (κ3) is 2.96. The van der Waals surface area contributed by atoms with Crippen molar-refractivity contribution in [3.63, 3.8) is 0 Å². The van der Waals surface area contributed by atoms with Gasteiger partial charge in [-0.05, 0) is 24.3 Å². The van der Waals surface area contributed by atoms with Gasteiger partial charge in [0.1, 0.15) is 30.0 Å². The number of rotatable bonds is 2. The van der Waals surface area contributed by atoms with Gasteiger partial charge in [-0.3, -0.25) is 0 Å². The highest BCUT2D eigenvalue weighted by atomic mass is 16.3. The summed E-state index contributed by atoms with van der Waals surface area (Å²) < 4.78 is 5.01. The van der Waals surface area contributed by atoms with Crippen LogP contribution in [0.15, 0.2) is 45.4 Å². The Labute approximate surface area is 123 Å². The molecule has 0 aliphatic heterocycles. The van der Waals surface area contributed by atoms with Gasteiger partial charge in [-0.1, -0.05) is 13.8 Å². The largest absolute Gasteiger partial charge is 0.470 e. The summed E-state index contributed by atoms with van der Waals surface area (Å²) in [5, 5.41) is 30.8. The van der Waals surface area contributed by atoms with E-state index in [-0.39, 0.29) is 11.0 Å². The van der Waals surface area contributed by atoms with Crippen molar-refractivity contribution in [2.24, 2.45) is 5.41 Å². The Morgan fingerprint density at radius 1 is 1.24 bits per heavy atom. The smallest absolute Gasteiger partial charge is 0.134 e. The molecule has 0 amide bonds. The number of nitrogens with zero attached hydrogens (tertiary/aromatic N) is 3. The molecule has 0 radical (unpaired) electrons. The fourth-order valence-electron chi connectivity index (χ4n) is 2.50. The fraction of sp³-hybridized carbons (Fsp3) is 0.312. The summed E-state index contributed by atoms with van der Waals surface area (Å²) in [6.07, 6.45) is 4.27. The molecule has 21 heavy (non-hydrogen) atoms. The van der Waals surface area contributed by atoms with Crippen molar-refractivity contribution in [2.75, 3.05) is 5.32 Å². The molecule has 5 nitrogen and oxygen atoms in total. The van der Waals surface area contributed by atoms with Crippen molar-refractivity contribution in [1.29, 1.82) is 15.8 Å². The number of anilines is 1. The van der Waals surface area contributed by atoms with Crippen LogP contribution < -0.4 is 5.32 Å². The number of hydrogen-bond acceptors (Lipinski definition) is 5. The molecule has 0 aromatic carbocycles. The van der Waals surface area contributed by atoms with Crippen LogP contribution in [0.25, 0.3) is 0 Å². The van der Waals surface area contributed by atoms with Gasteiger partial charge in [-0.15, -0.1) is 0 Å². The number of allylic oxidation sites excluding steroid dienone is 4. The molecule has 0 fully saturated rings.